The first-order valence-corrected chi connectivity index (χ1v) is 6.86. The van der Waals surface area contributed by atoms with Gasteiger partial charge in [0.2, 0.25) is 5.95 Å². The molecule has 0 saturated heterocycles. The molecule has 2 N–H and O–H groups in total. The van der Waals surface area contributed by atoms with Gasteiger partial charge >= 0.3 is 6.18 Å². The van der Waals surface area contributed by atoms with E-state index < -0.39 is 12.7 Å². The fourth-order valence-corrected chi connectivity index (χ4v) is 2.84. The lowest BCUT2D eigenvalue weighted by molar-refractivity contribution is -0.120. The Labute approximate surface area is 118 Å². The van der Waals surface area contributed by atoms with Gasteiger partial charge in [-0.2, -0.15) is 18.2 Å². The van der Waals surface area contributed by atoms with Crippen molar-refractivity contribution < 1.29 is 13.2 Å². The highest BCUT2D eigenvalue weighted by atomic mass is 32.1. The van der Waals surface area contributed by atoms with Crippen LogP contribution in [0.4, 0.5) is 24.9 Å². The average Bonchev–Trinajstić information content (AvgIpc) is 2.63. The van der Waals surface area contributed by atoms with Crippen LogP contribution in [0.3, 0.4) is 0 Å². The number of hydrogen-bond donors (Lipinski definition) is 1. The second kappa shape index (κ2) is 5.08. The molecule has 2 aromatic rings. The summed E-state index contributed by atoms with van der Waals surface area (Å²) in [5.41, 5.74) is 5.61. The maximum atomic E-state index is 12.7. The number of fused-ring (bicyclic) bond motifs is 1. The van der Waals surface area contributed by atoms with Crippen molar-refractivity contribution in [3.05, 3.63) is 10.9 Å². The van der Waals surface area contributed by atoms with Gasteiger partial charge in [-0.15, -0.1) is 11.3 Å². The van der Waals surface area contributed by atoms with Crippen molar-refractivity contribution in [2.75, 3.05) is 17.2 Å². The van der Waals surface area contributed by atoms with Crippen LogP contribution in [0.1, 0.15) is 18.7 Å². The maximum Gasteiger partial charge on any atom is 0.405 e. The van der Waals surface area contributed by atoms with Crippen molar-refractivity contribution >= 4 is 33.3 Å². The number of alkyl halides is 3. The van der Waals surface area contributed by atoms with E-state index in [1.165, 1.54) is 16.2 Å². The third kappa shape index (κ3) is 3.12. The maximum absolute atomic E-state index is 12.7. The van der Waals surface area contributed by atoms with Crippen molar-refractivity contribution in [3.8, 4) is 0 Å². The molecule has 0 amide bonds. The van der Waals surface area contributed by atoms with Crippen LogP contribution in [0.15, 0.2) is 6.07 Å². The Morgan fingerprint density at radius 1 is 1.35 bits per heavy atom. The molecule has 0 spiro atoms. The summed E-state index contributed by atoms with van der Waals surface area (Å²) in [5, 5.41) is 0.611. The first-order valence-electron chi connectivity index (χ1n) is 6.04. The molecule has 0 unspecified atom stereocenters. The number of aromatic nitrogens is 2. The molecule has 0 aliphatic carbocycles. The summed E-state index contributed by atoms with van der Waals surface area (Å²) in [6.45, 7) is 4.19. The van der Waals surface area contributed by atoms with Gasteiger partial charge in [-0.3, -0.25) is 0 Å². The van der Waals surface area contributed by atoms with Crippen LogP contribution >= 0.6 is 11.3 Å². The van der Waals surface area contributed by atoms with Gasteiger partial charge in [0, 0.05) is 10.9 Å². The molecule has 0 saturated carbocycles. The Hall–Kier alpha value is -1.57. The first-order chi connectivity index (χ1) is 9.17. The van der Waals surface area contributed by atoms with Gasteiger partial charge in [0.1, 0.15) is 17.2 Å². The van der Waals surface area contributed by atoms with Crippen LogP contribution in [0.25, 0.3) is 10.2 Å². The number of halogens is 3. The van der Waals surface area contributed by atoms with E-state index in [1.54, 1.807) is 19.9 Å². The Balaban J connectivity index is 2.57. The summed E-state index contributed by atoms with van der Waals surface area (Å²) in [4.78, 5) is 10.9. The van der Waals surface area contributed by atoms with Crippen molar-refractivity contribution in [2.24, 2.45) is 0 Å². The first kappa shape index (κ1) is 14.8. The highest BCUT2D eigenvalue weighted by Crippen LogP contribution is 2.33. The minimum Gasteiger partial charge on any atom is -0.368 e. The Morgan fingerprint density at radius 2 is 2.00 bits per heavy atom. The Bertz CT molecular complexity index is 621. The van der Waals surface area contributed by atoms with E-state index in [-0.39, 0.29) is 17.8 Å². The number of nitrogen functional groups attached to an aromatic ring is 1. The van der Waals surface area contributed by atoms with Crippen molar-refractivity contribution in [2.45, 2.75) is 33.0 Å². The van der Waals surface area contributed by atoms with Crippen molar-refractivity contribution in [1.82, 2.24) is 9.97 Å². The molecule has 0 aromatic carbocycles. The van der Waals surface area contributed by atoms with E-state index in [0.29, 0.717) is 10.2 Å². The van der Waals surface area contributed by atoms with Crippen LogP contribution < -0.4 is 10.6 Å². The quantitative estimate of drug-likeness (QED) is 0.944. The van der Waals surface area contributed by atoms with Gasteiger partial charge in [-0.25, -0.2) is 4.98 Å². The monoisotopic (exact) mass is 304 g/mol. The Kier molecular flexibility index (Phi) is 3.77. The number of thiophene rings is 1. The van der Waals surface area contributed by atoms with Crippen LogP contribution in [0.5, 0.6) is 0 Å². The molecule has 0 bridgehead atoms. The highest BCUT2D eigenvalue weighted by molar-refractivity contribution is 7.18. The third-order valence-corrected chi connectivity index (χ3v) is 3.70. The SMILES string of the molecule is Cc1cc2c(N(CC(F)(F)F)C(C)C)nc(N)nc2s1. The smallest absolute Gasteiger partial charge is 0.368 e. The molecule has 4 nitrogen and oxygen atoms in total. The summed E-state index contributed by atoms with van der Waals surface area (Å²) in [5.74, 6) is 0.228. The molecule has 0 radical (unpaired) electrons. The van der Waals surface area contributed by atoms with Crippen LogP contribution in [0, 0.1) is 6.92 Å². The number of hydrogen-bond acceptors (Lipinski definition) is 5. The predicted octanol–water partition coefficient (Wildman–Crippen LogP) is 3.36. The number of nitrogens with two attached hydrogens (primary N) is 1. The standard InChI is InChI=1S/C12H15F3N4S/c1-6(2)19(5-12(13,14)15)9-8-4-7(3)20-10(8)18-11(16)17-9/h4,6H,5H2,1-3H3,(H2,16,17,18). The molecule has 0 aliphatic rings. The Morgan fingerprint density at radius 3 is 2.55 bits per heavy atom. The van der Waals surface area contributed by atoms with Gasteiger partial charge in [0.05, 0.1) is 5.39 Å². The second-order valence-electron chi connectivity index (χ2n) is 4.82. The molecule has 2 aromatic heterocycles. The molecule has 0 fully saturated rings. The number of rotatable bonds is 3. The predicted molar refractivity (Wildman–Crippen MR) is 75.1 cm³/mol. The molecular formula is C12H15F3N4S. The van der Waals surface area contributed by atoms with E-state index in [4.69, 9.17) is 5.73 Å². The lowest BCUT2D eigenvalue weighted by Gasteiger charge is -2.29. The summed E-state index contributed by atoms with van der Waals surface area (Å²) >= 11 is 1.39. The topological polar surface area (TPSA) is 55.0 Å². The number of nitrogens with zero attached hydrogens (tertiary/aromatic N) is 3. The lowest BCUT2D eigenvalue weighted by Crippen LogP contribution is -2.39. The van der Waals surface area contributed by atoms with Crippen LogP contribution in [-0.2, 0) is 0 Å². The zero-order valence-electron chi connectivity index (χ0n) is 11.3. The molecule has 8 heteroatoms. The zero-order valence-corrected chi connectivity index (χ0v) is 12.1. The van der Waals surface area contributed by atoms with E-state index in [0.717, 1.165) is 4.88 Å². The van der Waals surface area contributed by atoms with E-state index in [9.17, 15) is 13.2 Å². The number of anilines is 2. The molecule has 0 aliphatic heterocycles. The molecular weight excluding hydrogens is 289 g/mol. The number of aryl methyl sites for hydroxylation is 1. The van der Waals surface area contributed by atoms with E-state index >= 15 is 0 Å². The molecule has 2 rings (SSSR count). The minimum absolute atomic E-state index is 0.0119. The lowest BCUT2D eigenvalue weighted by atomic mass is 10.2. The van der Waals surface area contributed by atoms with Crippen LogP contribution in [0.2, 0.25) is 0 Å². The fourth-order valence-electron chi connectivity index (χ4n) is 1.96. The van der Waals surface area contributed by atoms with Gasteiger partial charge in [0.25, 0.3) is 0 Å². The second-order valence-corrected chi connectivity index (χ2v) is 6.05. The van der Waals surface area contributed by atoms with E-state index in [1.807, 2.05) is 6.92 Å². The minimum atomic E-state index is -4.30. The highest BCUT2D eigenvalue weighted by Gasteiger charge is 2.33. The van der Waals surface area contributed by atoms with Gasteiger partial charge < -0.3 is 10.6 Å². The largest absolute Gasteiger partial charge is 0.405 e. The molecule has 0 atom stereocenters. The van der Waals surface area contributed by atoms with Gasteiger partial charge in [0.15, 0.2) is 0 Å². The van der Waals surface area contributed by atoms with Gasteiger partial charge in [-0.05, 0) is 26.8 Å². The normalized spacial score (nSPS) is 12.3. The summed E-state index contributed by atoms with van der Waals surface area (Å²) in [6, 6.07) is 1.44. The zero-order chi connectivity index (χ0) is 15.1. The molecule has 2 heterocycles. The van der Waals surface area contributed by atoms with Gasteiger partial charge in [-0.1, -0.05) is 0 Å². The van der Waals surface area contributed by atoms with Crippen molar-refractivity contribution in [1.29, 1.82) is 0 Å². The summed E-state index contributed by atoms with van der Waals surface area (Å²) in [7, 11) is 0. The van der Waals surface area contributed by atoms with Crippen molar-refractivity contribution in [3.63, 3.8) is 0 Å². The fraction of sp³-hybridized carbons (Fsp3) is 0.500. The summed E-state index contributed by atoms with van der Waals surface area (Å²) < 4.78 is 38.2. The van der Waals surface area contributed by atoms with Crippen LogP contribution in [-0.4, -0.2) is 28.7 Å². The average molecular weight is 304 g/mol. The molecule has 20 heavy (non-hydrogen) atoms. The third-order valence-electron chi connectivity index (χ3n) is 2.76. The van der Waals surface area contributed by atoms with E-state index in [2.05, 4.69) is 9.97 Å². The summed E-state index contributed by atoms with van der Waals surface area (Å²) in [6.07, 6.45) is -4.30. The molecule has 110 valence electrons.